The molecule has 2 N–H and O–H groups in total. The zero-order valence-electron chi connectivity index (χ0n) is 24.0. The highest BCUT2D eigenvalue weighted by Crippen LogP contribution is 2.31. The number of carbonyl (C=O) groups excluding carboxylic acids is 3. The Kier molecular flexibility index (Phi) is 7.49. The van der Waals surface area contributed by atoms with Crippen molar-refractivity contribution in [2.75, 3.05) is 19.6 Å². The van der Waals surface area contributed by atoms with Crippen LogP contribution in [0, 0.1) is 5.92 Å². The second-order valence-electron chi connectivity index (χ2n) is 11.4. The molecule has 1 aliphatic carbocycles. The first-order valence-corrected chi connectivity index (χ1v) is 15.5. The lowest BCUT2D eigenvalue weighted by Crippen LogP contribution is -2.76. The van der Waals surface area contributed by atoms with Crippen molar-refractivity contribution < 1.29 is 19.5 Å². The van der Waals surface area contributed by atoms with Crippen molar-refractivity contribution in [3.05, 3.63) is 107 Å². The number of benzene rings is 3. The molecule has 2 atom stereocenters. The van der Waals surface area contributed by atoms with Gasteiger partial charge >= 0.3 is 6.03 Å². The Morgan fingerprint density at radius 1 is 0.977 bits per heavy atom. The van der Waals surface area contributed by atoms with Crippen LogP contribution in [0.4, 0.5) is 4.79 Å². The summed E-state index contributed by atoms with van der Waals surface area (Å²) >= 11 is 1.54. The summed E-state index contributed by atoms with van der Waals surface area (Å²) in [5.74, 6) is -0.0417. The number of fused-ring (bicyclic) bond motifs is 2. The number of aromatic nitrogens is 1. The number of hydrogen-bond acceptors (Lipinski definition) is 7. The van der Waals surface area contributed by atoms with Crippen LogP contribution in [0.3, 0.4) is 0 Å². The molecule has 2 aliphatic heterocycles. The van der Waals surface area contributed by atoms with Gasteiger partial charge in [-0.05, 0) is 41.0 Å². The van der Waals surface area contributed by atoms with Gasteiger partial charge in [0.2, 0.25) is 11.8 Å². The summed E-state index contributed by atoms with van der Waals surface area (Å²) in [6.45, 7) is 1.34. The molecule has 0 unspecified atom stereocenters. The highest BCUT2D eigenvalue weighted by molar-refractivity contribution is 7.16. The number of carbonyl (C=O) groups is 3. The Hall–Kier alpha value is -4.74. The summed E-state index contributed by atoms with van der Waals surface area (Å²) in [6, 6.07) is 21.2. The minimum absolute atomic E-state index is 0.00512. The number of piperazine rings is 1. The Labute approximate surface area is 258 Å². The molecule has 10 nitrogen and oxygen atoms in total. The molecule has 2 saturated heterocycles. The fourth-order valence-corrected chi connectivity index (χ4v) is 6.81. The number of amides is 4. The Bertz CT molecular complexity index is 1720. The van der Waals surface area contributed by atoms with Crippen LogP contribution in [0.15, 0.2) is 90.5 Å². The average Bonchev–Trinajstić information content (AvgIpc) is 3.72. The normalized spacial score (nSPS) is 20.3. The van der Waals surface area contributed by atoms with Crippen LogP contribution in [-0.2, 0) is 29.1 Å². The van der Waals surface area contributed by atoms with Crippen LogP contribution in [0.25, 0.3) is 10.2 Å². The van der Waals surface area contributed by atoms with Gasteiger partial charge in [0.25, 0.3) is 0 Å². The van der Waals surface area contributed by atoms with E-state index in [2.05, 4.69) is 22.5 Å². The number of hydrogen-bond donors (Lipinski definition) is 2. The second kappa shape index (κ2) is 11.7. The van der Waals surface area contributed by atoms with Crippen molar-refractivity contribution in [1.82, 2.24) is 30.1 Å². The molecule has 4 amide bonds. The number of phenols is 1. The summed E-state index contributed by atoms with van der Waals surface area (Å²) in [7, 11) is 0. The summed E-state index contributed by atoms with van der Waals surface area (Å²) in [6.07, 6.45) is 3.67. The number of urea groups is 1. The van der Waals surface area contributed by atoms with Crippen LogP contribution in [-0.4, -0.2) is 79.6 Å². The quantitative estimate of drug-likeness (QED) is 0.295. The van der Waals surface area contributed by atoms with Crippen molar-refractivity contribution in [2.24, 2.45) is 5.92 Å². The lowest BCUT2D eigenvalue weighted by Gasteiger charge is -2.55. The van der Waals surface area contributed by atoms with E-state index in [9.17, 15) is 19.5 Å². The van der Waals surface area contributed by atoms with Crippen molar-refractivity contribution in [3.63, 3.8) is 0 Å². The van der Waals surface area contributed by atoms with E-state index >= 15 is 0 Å². The van der Waals surface area contributed by atoms with Crippen LogP contribution in [0.2, 0.25) is 0 Å². The van der Waals surface area contributed by atoms with Gasteiger partial charge in [0, 0.05) is 32.0 Å². The second-order valence-corrected chi connectivity index (χ2v) is 12.3. The van der Waals surface area contributed by atoms with Gasteiger partial charge in [0.15, 0.2) is 0 Å². The number of nitrogens with zero attached hydrogens (tertiary/aromatic N) is 5. The van der Waals surface area contributed by atoms with Crippen molar-refractivity contribution in [3.8, 4) is 5.75 Å². The molecule has 2 fully saturated rings. The van der Waals surface area contributed by atoms with Gasteiger partial charge in [-0.2, -0.15) is 0 Å². The molecule has 11 heteroatoms. The molecule has 224 valence electrons. The molecule has 44 heavy (non-hydrogen) atoms. The predicted octanol–water partition coefficient (Wildman–Crippen LogP) is 3.74. The standard InChI is InChI=1S/C33H32N6O4S/c40-26-11-8-22(9-12-26)14-28-32(42)36(17-25-10-13-27-29(15-25)44-21-35-27)19-30-38(28)31(41)20-37(18-24-6-7-24)39(30)33(43)34-16-23-4-2-1-3-5-23/h1-13,15,21,24,28,30,40H,14,16-20H2,(H,34,43)/t28-,30-/m0/s1. The minimum Gasteiger partial charge on any atom is -0.508 e. The van der Waals surface area contributed by atoms with E-state index < -0.39 is 12.2 Å². The maximum absolute atomic E-state index is 14.2. The molecule has 3 aromatic carbocycles. The highest BCUT2D eigenvalue weighted by Gasteiger charge is 2.51. The number of nitrogens with one attached hydrogen (secondary N) is 1. The van der Waals surface area contributed by atoms with Gasteiger partial charge in [-0.3, -0.25) is 9.59 Å². The molecule has 0 spiro atoms. The molecule has 3 aliphatic rings. The lowest BCUT2D eigenvalue weighted by molar-refractivity contribution is -0.191. The smallest absolute Gasteiger partial charge is 0.334 e. The van der Waals surface area contributed by atoms with Crippen LogP contribution in [0.1, 0.15) is 16.7 Å². The first-order valence-electron chi connectivity index (χ1n) is 14.7. The van der Waals surface area contributed by atoms with Crippen molar-refractivity contribution >= 4 is 39.4 Å². The van der Waals surface area contributed by atoms with E-state index in [1.54, 1.807) is 55.9 Å². The summed E-state index contributed by atoms with van der Waals surface area (Å²) in [4.78, 5) is 49.8. The molecule has 7 rings (SSSR count). The fourth-order valence-electron chi connectivity index (χ4n) is 6.07. The molecule has 0 saturated carbocycles. The summed E-state index contributed by atoms with van der Waals surface area (Å²) in [5.41, 5.74) is 5.43. The summed E-state index contributed by atoms with van der Waals surface area (Å²) in [5, 5.41) is 16.4. The molecule has 4 aromatic rings. The monoisotopic (exact) mass is 608 g/mol. The number of thiazole rings is 1. The maximum Gasteiger partial charge on any atom is 0.334 e. The Balaban J connectivity index is 1.22. The zero-order chi connectivity index (χ0) is 30.2. The van der Waals surface area contributed by atoms with E-state index in [4.69, 9.17) is 0 Å². The van der Waals surface area contributed by atoms with Gasteiger partial charge in [0.05, 0.1) is 28.8 Å². The first kappa shape index (κ1) is 28.1. The fraction of sp³-hybridized carbons (Fsp3) is 0.273. The third-order valence-electron chi connectivity index (χ3n) is 8.35. The third kappa shape index (κ3) is 5.76. The van der Waals surface area contributed by atoms with Crippen LogP contribution >= 0.6 is 11.3 Å². The number of aromatic hydroxyl groups is 1. The third-order valence-corrected chi connectivity index (χ3v) is 9.14. The Morgan fingerprint density at radius 2 is 1.75 bits per heavy atom. The average molecular weight is 609 g/mol. The Morgan fingerprint density at radius 3 is 2.52 bits per heavy atom. The molecular formula is C33H32N6O4S. The topological polar surface area (TPSA) is 109 Å². The zero-order valence-corrected chi connectivity index (χ0v) is 24.8. The van der Waals surface area contributed by atoms with Gasteiger partial charge in [-0.15, -0.1) is 11.3 Å². The molecule has 3 heterocycles. The van der Waals surface area contributed by atoms with E-state index in [0.717, 1.165) is 26.9 Å². The molecule has 1 aromatic heterocycles. The highest BCUT2D eigenvalue weighted by atomic mass is 32.1. The maximum atomic E-state index is 14.2. The van der Waals surface area contributed by atoms with Gasteiger partial charge < -0.3 is 20.2 Å². The summed E-state index contributed by atoms with van der Waals surface area (Å²) < 4.78 is 1.03. The first-order chi connectivity index (χ1) is 21.4. The van der Waals surface area contributed by atoms with Crippen molar-refractivity contribution in [1.29, 1.82) is 0 Å². The number of hydrazine groups is 1. The number of phenolic OH excluding ortho intramolecular Hbond substituents is 1. The van der Waals surface area contributed by atoms with E-state index in [0.29, 0.717) is 19.6 Å². The number of rotatable bonds is 8. The molecule has 0 bridgehead atoms. The van der Waals surface area contributed by atoms with E-state index in [1.165, 1.54) is 0 Å². The van der Waals surface area contributed by atoms with Gasteiger partial charge in [0.1, 0.15) is 18.0 Å². The molecular weight excluding hydrogens is 576 g/mol. The van der Waals surface area contributed by atoms with Gasteiger partial charge in [-0.25, -0.2) is 19.8 Å². The van der Waals surface area contributed by atoms with Gasteiger partial charge in [-0.1, -0.05) is 60.7 Å². The SMILES string of the molecule is O=C1[C@H](Cc2ccc(O)cc2)N2C(=O)CN(CC3C=C3)N(C(=O)NCc3ccccc3)[C@H]2CN1Cc1ccc2ncsc2c1. The van der Waals surface area contributed by atoms with Crippen molar-refractivity contribution in [2.45, 2.75) is 31.7 Å². The predicted molar refractivity (Wildman–Crippen MR) is 166 cm³/mol. The lowest BCUT2D eigenvalue weighted by atomic mass is 9.98. The van der Waals surface area contributed by atoms with E-state index in [-0.39, 0.29) is 49.0 Å². The largest absolute Gasteiger partial charge is 0.508 e. The molecule has 0 radical (unpaired) electrons. The van der Waals surface area contributed by atoms with E-state index in [1.807, 2.05) is 53.5 Å². The van der Waals surface area contributed by atoms with Crippen LogP contribution in [0.5, 0.6) is 5.75 Å². The minimum atomic E-state index is -0.816. The van der Waals surface area contributed by atoms with Crippen LogP contribution < -0.4 is 5.32 Å².